The number of nitro groups is 1. The molecular weight excluding hydrogens is 457 g/mol. The van der Waals surface area contributed by atoms with E-state index >= 15 is 0 Å². The van der Waals surface area contributed by atoms with Crippen molar-refractivity contribution >= 4 is 46.4 Å². The minimum Gasteiger partial charge on any atom is -0.258 e. The molecule has 3 aromatic rings. The largest absolute Gasteiger partial charge is 0.269 e. The minimum atomic E-state index is -0.386. The van der Waals surface area contributed by atoms with Gasteiger partial charge >= 0.3 is 0 Å². The Kier molecular flexibility index (Phi) is 5.92. The van der Waals surface area contributed by atoms with Crippen LogP contribution in [0.3, 0.4) is 0 Å². The molecule has 1 aliphatic heterocycles. The first-order valence-corrected chi connectivity index (χ1v) is 11.6. The zero-order valence-corrected chi connectivity index (χ0v) is 19.2. The number of anilines is 1. The van der Waals surface area contributed by atoms with Crippen molar-refractivity contribution in [2.75, 3.05) is 5.01 Å². The molecule has 0 spiro atoms. The Hall–Kier alpha value is -3.15. The van der Waals surface area contributed by atoms with Crippen LogP contribution < -0.4 is 5.01 Å². The summed E-state index contributed by atoms with van der Waals surface area (Å²) in [6.45, 7) is 0. The number of hydrogen-bond donors (Lipinski definition) is 0. The van der Waals surface area contributed by atoms with Crippen molar-refractivity contribution in [3.63, 3.8) is 0 Å². The summed E-state index contributed by atoms with van der Waals surface area (Å²) in [5.74, 6) is 0.216. The molecule has 1 fully saturated rings. The maximum absolute atomic E-state index is 11.1. The highest BCUT2D eigenvalue weighted by atomic mass is 35.5. The van der Waals surface area contributed by atoms with Gasteiger partial charge in [-0.05, 0) is 78.4 Å². The lowest BCUT2D eigenvalue weighted by molar-refractivity contribution is -0.384. The van der Waals surface area contributed by atoms with Crippen LogP contribution in [0, 0.1) is 16.0 Å². The molecule has 0 radical (unpaired) electrons. The predicted octanol–water partition coefficient (Wildman–Crippen LogP) is 7.70. The van der Waals surface area contributed by atoms with Crippen LogP contribution in [-0.2, 0) is 0 Å². The smallest absolute Gasteiger partial charge is 0.258 e. The van der Waals surface area contributed by atoms with Crippen molar-refractivity contribution < 1.29 is 4.92 Å². The molecule has 1 heterocycles. The third kappa shape index (κ3) is 4.39. The second-order valence-electron chi connectivity index (χ2n) is 8.32. The fourth-order valence-corrected chi connectivity index (χ4v) is 4.95. The van der Waals surface area contributed by atoms with Gasteiger partial charge in [-0.1, -0.05) is 47.5 Å². The topological polar surface area (TPSA) is 58.7 Å². The standard InChI is InChI=1S/C26H21Cl2N3O2/c27-20-8-4-17(5-9-20)16-19-2-1-3-24-25(19)29-30(22-12-14-23(15-13-22)31(32)33)26(24)18-6-10-21(28)11-7-18/h4-16,24,26H,1-3H2/b19-16-. The molecule has 166 valence electrons. The van der Waals surface area contributed by atoms with Gasteiger partial charge in [-0.25, -0.2) is 0 Å². The minimum absolute atomic E-state index is 0.00681. The Morgan fingerprint density at radius 2 is 1.58 bits per heavy atom. The van der Waals surface area contributed by atoms with E-state index in [4.69, 9.17) is 28.3 Å². The number of benzene rings is 3. The number of halogens is 2. The third-order valence-corrected chi connectivity index (χ3v) is 6.75. The number of hydrazone groups is 1. The summed E-state index contributed by atoms with van der Waals surface area (Å²) in [6.07, 6.45) is 5.24. The average molecular weight is 478 g/mol. The molecule has 5 nitrogen and oxygen atoms in total. The Labute approximate surface area is 202 Å². The lowest BCUT2D eigenvalue weighted by atomic mass is 9.77. The van der Waals surface area contributed by atoms with Gasteiger partial charge in [-0.2, -0.15) is 5.10 Å². The maximum Gasteiger partial charge on any atom is 0.269 e. The van der Waals surface area contributed by atoms with Crippen molar-refractivity contribution in [3.05, 3.63) is 110 Å². The summed E-state index contributed by atoms with van der Waals surface area (Å²) < 4.78 is 0. The van der Waals surface area contributed by atoms with E-state index in [1.54, 1.807) is 12.1 Å². The van der Waals surface area contributed by atoms with Crippen LogP contribution in [0.4, 0.5) is 11.4 Å². The normalized spacial score (nSPS) is 21.1. The van der Waals surface area contributed by atoms with Gasteiger partial charge in [0.1, 0.15) is 0 Å². The van der Waals surface area contributed by atoms with Crippen LogP contribution in [0.5, 0.6) is 0 Å². The second-order valence-corrected chi connectivity index (χ2v) is 9.19. The fraction of sp³-hybridized carbons (Fsp3) is 0.192. The van der Waals surface area contributed by atoms with Gasteiger partial charge in [0.05, 0.1) is 22.4 Å². The van der Waals surface area contributed by atoms with Crippen molar-refractivity contribution in [2.24, 2.45) is 11.0 Å². The zero-order chi connectivity index (χ0) is 22.9. The molecule has 3 aromatic carbocycles. The van der Waals surface area contributed by atoms with Crippen molar-refractivity contribution in [1.29, 1.82) is 0 Å². The summed E-state index contributed by atoms with van der Waals surface area (Å²) in [7, 11) is 0. The number of allylic oxidation sites excluding steroid dienone is 1. The Balaban J connectivity index is 1.58. The van der Waals surface area contributed by atoms with Crippen LogP contribution in [0.2, 0.25) is 10.0 Å². The number of hydrogen-bond acceptors (Lipinski definition) is 4. The van der Waals surface area contributed by atoms with Crippen LogP contribution in [0.15, 0.2) is 83.5 Å². The van der Waals surface area contributed by atoms with Gasteiger partial charge in [-0.15, -0.1) is 0 Å². The Bertz CT molecular complexity index is 1240. The molecule has 0 N–H and O–H groups in total. The maximum atomic E-state index is 11.1. The lowest BCUT2D eigenvalue weighted by Gasteiger charge is -2.30. The summed E-state index contributed by atoms with van der Waals surface area (Å²) in [5.41, 5.74) is 5.40. The van der Waals surface area contributed by atoms with Crippen molar-refractivity contribution in [3.8, 4) is 0 Å². The second kappa shape index (κ2) is 9.00. The van der Waals surface area contributed by atoms with E-state index in [1.165, 1.54) is 17.7 Å². The SMILES string of the molecule is O=[N+]([O-])c1ccc(N2N=C3/C(=C\c4ccc(Cl)cc4)CCCC3C2c2ccc(Cl)cc2)cc1. The van der Waals surface area contributed by atoms with Gasteiger partial charge in [0.25, 0.3) is 5.69 Å². The Morgan fingerprint density at radius 3 is 2.21 bits per heavy atom. The summed E-state index contributed by atoms with van der Waals surface area (Å²) in [6, 6.07) is 22.3. The van der Waals surface area contributed by atoms with Gasteiger partial charge in [0, 0.05) is 28.1 Å². The number of fused-ring (bicyclic) bond motifs is 1. The molecule has 0 bridgehead atoms. The molecule has 7 heteroatoms. The molecule has 2 aliphatic rings. The molecule has 0 aromatic heterocycles. The van der Waals surface area contributed by atoms with Gasteiger partial charge in [0.2, 0.25) is 0 Å². The third-order valence-electron chi connectivity index (χ3n) is 6.25. The van der Waals surface area contributed by atoms with Crippen LogP contribution in [0.25, 0.3) is 6.08 Å². The molecule has 2 unspecified atom stereocenters. The van der Waals surface area contributed by atoms with Gasteiger partial charge in [-0.3, -0.25) is 15.1 Å². The van der Waals surface area contributed by atoms with Crippen molar-refractivity contribution in [1.82, 2.24) is 0 Å². The predicted molar refractivity (Wildman–Crippen MR) is 134 cm³/mol. The summed E-state index contributed by atoms with van der Waals surface area (Å²) in [5, 5.41) is 19.6. The molecular formula is C26H21Cl2N3O2. The molecule has 5 rings (SSSR count). The number of non-ortho nitro benzene ring substituents is 1. The van der Waals surface area contributed by atoms with Gasteiger partial charge < -0.3 is 0 Å². The van der Waals surface area contributed by atoms with Crippen LogP contribution >= 0.6 is 23.2 Å². The molecule has 1 aliphatic carbocycles. The van der Waals surface area contributed by atoms with Crippen molar-refractivity contribution in [2.45, 2.75) is 25.3 Å². The highest BCUT2D eigenvalue weighted by Gasteiger charge is 2.41. The Morgan fingerprint density at radius 1 is 0.939 bits per heavy atom. The monoisotopic (exact) mass is 477 g/mol. The van der Waals surface area contributed by atoms with E-state index in [0.717, 1.165) is 41.8 Å². The van der Waals surface area contributed by atoms with E-state index in [1.807, 2.05) is 53.5 Å². The fourth-order valence-electron chi connectivity index (χ4n) is 4.70. The van der Waals surface area contributed by atoms with Crippen LogP contribution in [-0.4, -0.2) is 10.6 Å². The zero-order valence-electron chi connectivity index (χ0n) is 17.7. The molecule has 0 amide bonds. The highest BCUT2D eigenvalue weighted by Crippen LogP contribution is 2.46. The first-order chi connectivity index (χ1) is 16.0. The molecule has 0 saturated heterocycles. The van der Waals surface area contributed by atoms with Crippen LogP contribution in [0.1, 0.15) is 36.4 Å². The van der Waals surface area contributed by atoms with Gasteiger partial charge in [0.15, 0.2) is 0 Å². The molecule has 2 atom stereocenters. The highest BCUT2D eigenvalue weighted by molar-refractivity contribution is 6.30. The number of nitrogens with zero attached hydrogens (tertiary/aromatic N) is 3. The van der Waals surface area contributed by atoms with E-state index in [2.05, 4.69) is 6.08 Å². The van der Waals surface area contributed by atoms with E-state index < -0.39 is 0 Å². The average Bonchev–Trinajstić information content (AvgIpc) is 3.22. The first-order valence-electron chi connectivity index (χ1n) is 10.8. The summed E-state index contributed by atoms with van der Waals surface area (Å²) in [4.78, 5) is 10.7. The number of rotatable bonds is 4. The molecule has 33 heavy (non-hydrogen) atoms. The van der Waals surface area contributed by atoms with E-state index in [0.29, 0.717) is 10.0 Å². The van der Waals surface area contributed by atoms with E-state index in [-0.39, 0.29) is 22.6 Å². The first kappa shape index (κ1) is 21.7. The summed E-state index contributed by atoms with van der Waals surface area (Å²) >= 11 is 12.2. The number of nitro benzene ring substituents is 1. The lowest BCUT2D eigenvalue weighted by Crippen LogP contribution is -2.28. The molecule has 1 saturated carbocycles. The van der Waals surface area contributed by atoms with E-state index in [9.17, 15) is 10.1 Å². The quantitative estimate of drug-likeness (QED) is 0.285.